The molecule has 3 heteroatoms. The molecule has 2 nitrogen and oxygen atoms in total. The molecule has 0 aliphatic heterocycles. The van der Waals surface area contributed by atoms with E-state index in [1.54, 1.807) is 6.26 Å². The molecule has 1 rings (SSSR count). The summed E-state index contributed by atoms with van der Waals surface area (Å²) in [7, 11) is 0. The largest absolute Gasteiger partial charge is 0.457 e. The van der Waals surface area contributed by atoms with Gasteiger partial charge in [0.1, 0.15) is 6.29 Å². The molecule has 1 aromatic heterocycles. The quantitative estimate of drug-likeness (QED) is 0.704. The highest BCUT2D eigenvalue weighted by molar-refractivity contribution is 9.10. The summed E-state index contributed by atoms with van der Waals surface area (Å²) in [6, 6.07) is 1.86. The summed E-state index contributed by atoms with van der Waals surface area (Å²) in [4.78, 5) is 9.94. The number of aryl methyl sites for hydroxylation is 1. The molecule has 0 fully saturated rings. The van der Waals surface area contributed by atoms with Gasteiger partial charge in [-0.15, -0.1) is 0 Å². The first-order valence-electron chi connectivity index (χ1n) is 2.99. The molecule has 1 aromatic rings. The lowest BCUT2D eigenvalue weighted by Gasteiger charge is -1.84. The third kappa shape index (κ3) is 1.99. The minimum absolute atomic E-state index is 0.561. The third-order valence-corrected chi connectivity index (χ3v) is 1.59. The van der Waals surface area contributed by atoms with Gasteiger partial charge in [0, 0.05) is 6.42 Å². The molecule has 0 atom stereocenters. The van der Waals surface area contributed by atoms with E-state index in [0.29, 0.717) is 11.1 Å². The number of hydrogen-bond acceptors (Lipinski definition) is 2. The van der Waals surface area contributed by atoms with Crippen LogP contribution in [0.5, 0.6) is 0 Å². The van der Waals surface area contributed by atoms with Crippen LogP contribution in [0.15, 0.2) is 21.4 Å². The van der Waals surface area contributed by atoms with E-state index in [1.165, 1.54) is 0 Å². The fourth-order valence-corrected chi connectivity index (χ4v) is 1.09. The molecule has 1 heterocycles. The maximum atomic E-state index is 9.94. The molecule has 0 amide bonds. The predicted octanol–water partition coefficient (Wildman–Crippen LogP) is 2.17. The maximum Gasteiger partial charge on any atom is 0.169 e. The lowest BCUT2D eigenvalue weighted by atomic mass is 10.2. The molecule has 0 saturated heterocycles. The molecule has 0 aromatic carbocycles. The Balaban J connectivity index is 2.49. The number of rotatable bonds is 3. The van der Waals surface area contributed by atoms with Gasteiger partial charge in [0.05, 0.1) is 6.26 Å². The minimum atomic E-state index is 0.561. The highest BCUT2D eigenvalue weighted by Crippen LogP contribution is 2.14. The minimum Gasteiger partial charge on any atom is -0.457 e. The molecular weight excluding hydrogens is 196 g/mol. The predicted molar refractivity (Wildman–Crippen MR) is 40.8 cm³/mol. The number of halogens is 1. The van der Waals surface area contributed by atoms with E-state index in [1.807, 2.05) is 6.07 Å². The van der Waals surface area contributed by atoms with Crippen molar-refractivity contribution in [1.29, 1.82) is 0 Å². The van der Waals surface area contributed by atoms with Gasteiger partial charge >= 0.3 is 0 Å². The van der Waals surface area contributed by atoms with Crippen LogP contribution in [0.2, 0.25) is 0 Å². The van der Waals surface area contributed by atoms with Gasteiger partial charge in [-0.1, -0.05) is 0 Å². The molecule has 0 bridgehead atoms. The fourth-order valence-electron chi connectivity index (χ4n) is 0.702. The van der Waals surface area contributed by atoms with E-state index < -0.39 is 0 Å². The van der Waals surface area contributed by atoms with Crippen LogP contribution in [0.25, 0.3) is 0 Å². The number of hydrogen-bond donors (Lipinski definition) is 0. The Morgan fingerprint density at radius 2 is 2.50 bits per heavy atom. The summed E-state index contributed by atoms with van der Waals surface area (Å²) in [5.74, 6) is 0. The van der Waals surface area contributed by atoms with Gasteiger partial charge in [-0.3, -0.25) is 0 Å². The molecule has 0 aliphatic carbocycles. The third-order valence-electron chi connectivity index (χ3n) is 1.17. The highest BCUT2D eigenvalue weighted by Gasteiger charge is 1.96. The smallest absolute Gasteiger partial charge is 0.169 e. The summed E-state index contributed by atoms with van der Waals surface area (Å²) in [6.45, 7) is 0. The summed E-state index contributed by atoms with van der Waals surface area (Å²) in [5.41, 5.74) is 1.05. The Kier molecular flexibility index (Phi) is 2.68. The molecule has 0 spiro atoms. The first-order valence-corrected chi connectivity index (χ1v) is 3.79. The van der Waals surface area contributed by atoms with Crippen molar-refractivity contribution in [1.82, 2.24) is 0 Å². The number of aldehydes is 1. The van der Waals surface area contributed by atoms with Crippen LogP contribution in [0.1, 0.15) is 12.0 Å². The van der Waals surface area contributed by atoms with Gasteiger partial charge in [0.2, 0.25) is 0 Å². The Labute approximate surface area is 67.3 Å². The normalized spacial score (nSPS) is 9.70. The molecule has 0 radical (unpaired) electrons. The Morgan fingerprint density at radius 1 is 1.70 bits per heavy atom. The summed E-state index contributed by atoms with van der Waals surface area (Å²) >= 11 is 3.17. The SMILES string of the molecule is O=CCCc1coc(Br)c1. The van der Waals surface area contributed by atoms with Crippen LogP contribution in [-0.2, 0) is 11.2 Å². The molecule has 0 aliphatic rings. The van der Waals surface area contributed by atoms with Crippen molar-refractivity contribution in [2.24, 2.45) is 0 Å². The van der Waals surface area contributed by atoms with Crippen LogP contribution in [0.3, 0.4) is 0 Å². The second-order valence-corrected chi connectivity index (χ2v) is 2.75. The number of furan rings is 1. The van der Waals surface area contributed by atoms with Crippen LogP contribution in [-0.4, -0.2) is 6.29 Å². The number of carbonyl (C=O) groups is 1. The van der Waals surface area contributed by atoms with Gasteiger partial charge < -0.3 is 9.21 Å². The molecule has 10 heavy (non-hydrogen) atoms. The van der Waals surface area contributed by atoms with Crippen LogP contribution in [0.4, 0.5) is 0 Å². The summed E-state index contributed by atoms with van der Waals surface area (Å²) in [6.07, 6.45) is 3.87. The fraction of sp³-hybridized carbons (Fsp3) is 0.286. The molecule has 0 saturated carbocycles. The van der Waals surface area contributed by atoms with Crippen LogP contribution >= 0.6 is 15.9 Å². The van der Waals surface area contributed by atoms with Crippen LogP contribution < -0.4 is 0 Å². The summed E-state index contributed by atoms with van der Waals surface area (Å²) in [5, 5.41) is 0. The molecule has 0 N–H and O–H groups in total. The van der Waals surface area contributed by atoms with E-state index in [-0.39, 0.29) is 0 Å². The van der Waals surface area contributed by atoms with E-state index >= 15 is 0 Å². The van der Waals surface area contributed by atoms with Crippen molar-refractivity contribution in [2.45, 2.75) is 12.8 Å². The lowest BCUT2D eigenvalue weighted by molar-refractivity contribution is -0.107. The zero-order valence-electron chi connectivity index (χ0n) is 5.34. The molecule has 0 unspecified atom stereocenters. The second-order valence-electron chi connectivity index (χ2n) is 1.96. The first-order chi connectivity index (χ1) is 4.83. The van der Waals surface area contributed by atoms with E-state index in [0.717, 1.165) is 18.3 Å². The summed E-state index contributed by atoms with van der Waals surface area (Å²) < 4.78 is 5.68. The molecule has 54 valence electrons. The Bertz CT molecular complexity index is 217. The standard InChI is InChI=1S/C7H7BrO2/c8-7-4-6(5-10-7)2-1-3-9/h3-5H,1-2H2. The van der Waals surface area contributed by atoms with Crippen molar-refractivity contribution in [3.05, 3.63) is 22.6 Å². The highest BCUT2D eigenvalue weighted by atomic mass is 79.9. The topological polar surface area (TPSA) is 30.2 Å². The first kappa shape index (κ1) is 7.54. The number of carbonyl (C=O) groups excluding carboxylic acids is 1. The van der Waals surface area contributed by atoms with Gasteiger partial charge in [0.15, 0.2) is 4.67 Å². The van der Waals surface area contributed by atoms with Crippen molar-refractivity contribution >= 4 is 22.2 Å². The monoisotopic (exact) mass is 202 g/mol. The van der Waals surface area contributed by atoms with E-state index in [2.05, 4.69) is 15.9 Å². The lowest BCUT2D eigenvalue weighted by Crippen LogP contribution is -1.80. The second kappa shape index (κ2) is 3.56. The average Bonchev–Trinajstić information content (AvgIpc) is 2.31. The van der Waals surface area contributed by atoms with Crippen LogP contribution in [0, 0.1) is 0 Å². The Morgan fingerprint density at radius 3 is 3.00 bits per heavy atom. The van der Waals surface area contributed by atoms with Gasteiger partial charge in [-0.2, -0.15) is 0 Å². The zero-order chi connectivity index (χ0) is 7.40. The van der Waals surface area contributed by atoms with Crippen molar-refractivity contribution < 1.29 is 9.21 Å². The van der Waals surface area contributed by atoms with Crippen molar-refractivity contribution in [3.63, 3.8) is 0 Å². The maximum absolute atomic E-state index is 9.94. The van der Waals surface area contributed by atoms with E-state index in [9.17, 15) is 4.79 Å². The van der Waals surface area contributed by atoms with Gasteiger partial charge in [0.25, 0.3) is 0 Å². The average molecular weight is 203 g/mol. The zero-order valence-corrected chi connectivity index (χ0v) is 6.93. The van der Waals surface area contributed by atoms with Gasteiger partial charge in [-0.05, 0) is 34.0 Å². The van der Waals surface area contributed by atoms with E-state index in [4.69, 9.17) is 4.42 Å². The van der Waals surface area contributed by atoms with Crippen molar-refractivity contribution in [2.75, 3.05) is 0 Å². The van der Waals surface area contributed by atoms with Crippen molar-refractivity contribution in [3.8, 4) is 0 Å². The Hall–Kier alpha value is -0.570. The molecular formula is C7H7BrO2. The van der Waals surface area contributed by atoms with Gasteiger partial charge in [-0.25, -0.2) is 0 Å².